The van der Waals surface area contributed by atoms with Gasteiger partial charge >= 0.3 is 0 Å². The molecule has 2 heterocycles. The van der Waals surface area contributed by atoms with Crippen LogP contribution in [0.1, 0.15) is 12.8 Å². The fourth-order valence-electron chi connectivity index (χ4n) is 3.60. The van der Waals surface area contributed by atoms with Crippen LogP contribution >= 0.6 is 11.5 Å². The highest BCUT2D eigenvalue weighted by molar-refractivity contribution is 7.13. The SMILES string of the molecule is O=C(CCCn1sc2ccccc2c1=O)N1CCN(c2ccccc2F)CC1. The molecule has 1 saturated heterocycles. The van der Waals surface area contributed by atoms with Crippen LogP contribution in [0, 0.1) is 5.82 Å². The molecule has 3 aromatic rings. The molecule has 2 aromatic carbocycles. The lowest BCUT2D eigenvalue weighted by atomic mass is 10.2. The number of hydrogen-bond acceptors (Lipinski definition) is 4. The molecular weight excluding hydrogens is 377 g/mol. The molecule has 28 heavy (non-hydrogen) atoms. The number of hydrogen-bond donors (Lipinski definition) is 0. The lowest BCUT2D eigenvalue weighted by Gasteiger charge is -2.36. The largest absolute Gasteiger partial charge is 0.366 e. The van der Waals surface area contributed by atoms with Crippen molar-refractivity contribution in [1.29, 1.82) is 0 Å². The standard InChI is InChI=1S/C21H22FN3O2S/c22-17-7-2-3-8-18(17)23-12-14-24(15-13-23)20(26)10-5-11-25-21(27)16-6-1-4-9-19(16)28-25/h1-4,6-9H,5,10-15H2. The first-order valence-electron chi connectivity index (χ1n) is 9.49. The van der Waals surface area contributed by atoms with Gasteiger partial charge in [-0.2, -0.15) is 0 Å². The van der Waals surface area contributed by atoms with Gasteiger partial charge < -0.3 is 9.80 Å². The summed E-state index contributed by atoms with van der Waals surface area (Å²) in [5.41, 5.74) is 0.616. The molecule has 146 valence electrons. The Morgan fingerprint density at radius 3 is 2.46 bits per heavy atom. The van der Waals surface area contributed by atoms with Crippen LogP contribution in [0.4, 0.5) is 10.1 Å². The summed E-state index contributed by atoms with van der Waals surface area (Å²) < 4.78 is 16.6. The summed E-state index contributed by atoms with van der Waals surface area (Å²) in [5, 5.41) is 0.739. The second kappa shape index (κ2) is 8.14. The minimum absolute atomic E-state index is 0.0200. The number of piperazine rings is 1. The van der Waals surface area contributed by atoms with E-state index in [0.29, 0.717) is 51.3 Å². The molecule has 4 rings (SSSR count). The molecule has 0 unspecified atom stereocenters. The highest BCUT2D eigenvalue weighted by atomic mass is 32.1. The van der Waals surface area contributed by atoms with Crippen LogP contribution in [-0.2, 0) is 11.3 Å². The molecule has 0 atom stereocenters. The van der Waals surface area contributed by atoms with Gasteiger partial charge in [0.2, 0.25) is 5.91 Å². The Morgan fingerprint density at radius 1 is 1.00 bits per heavy atom. The number of anilines is 1. The van der Waals surface area contributed by atoms with E-state index in [1.807, 2.05) is 40.1 Å². The highest BCUT2D eigenvalue weighted by Gasteiger charge is 2.22. The number of halogens is 1. The molecule has 1 aliphatic rings. The zero-order valence-electron chi connectivity index (χ0n) is 15.5. The van der Waals surface area contributed by atoms with E-state index < -0.39 is 0 Å². The molecule has 0 N–H and O–H groups in total. The first kappa shape index (κ1) is 18.7. The molecule has 0 radical (unpaired) electrons. The van der Waals surface area contributed by atoms with Gasteiger partial charge in [0.05, 0.1) is 15.8 Å². The Kier molecular flexibility index (Phi) is 5.43. The average Bonchev–Trinajstić information content (AvgIpc) is 3.04. The molecule has 5 nitrogen and oxygen atoms in total. The van der Waals surface area contributed by atoms with E-state index in [2.05, 4.69) is 0 Å². The third-order valence-electron chi connectivity index (χ3n) is 5.13. The zero-order valence-corrected chi connectivity index (χ0v) is 16.3. The van der Waals surface area contributed by atoms with Gasteiger partial charge in [0.15, 0.2) is 0 Å². The molecular formula is C21H22FN3O2S. The third kappa shape index (κ3) is 3.80. The molecule has 1 aromatic heterocycles. The van der Waals surface area contributed by atoms with Crippen molar-refractivity contribution in [2.24, 2.45) is 0 Å². The summed E-state index contributed by atoms with van der Waals surface area (Å²) in [7, 11) is 0. The van der Waals surface area contributed by atoms with Crippen molar-refractivity contribution < 1.29 is 9.18 Å². The number of carbonyl (C=O) groups is 1. The Morgan fingerprint density at radius 2 is 1.71 bits per heavy atom. The van der Waals surface area contributed by atoms with E-state index in [1.54, 1.807) is 16.1 Å². The van der Waals surface area contributed by atoms with Gasteiger partial charge in [-0.05, 0) is 30.7 Å². The molecule has 0 spiro atoms. The van der Waals surface area contributed by atoms with E-state index in [4.69, 9.17) is 0 Å². The van der Waals surface area contributed by atoms with Gasteiger partial charge in [-0.25, -0.2) is 4.39 Å². The van der Waals surface area contributed by atoms with Crippen LogP contribution in [0.3, 0.4) is 0 Å². The number of aromatic nitrogens is 1. The first-order chi connectivity index (χ1) is 13.6. The van der Waals surface area contributed by atoms with Gasteiger partial charge in [0, 0.05) is 39.1 Å². The first-order valence-corrected chi connectivity index (χ1v) is 10.3. The maximum atomic E-state index is 13.9. The predicted octanol–water partition coefficient (Wildman–Crippen LogP) is 3.33. The summed E-state index contributed by atoms with van der Waals surface area (Å²) in [6.45, 7) is 3.00. The topological polar surface area (TPSA) is 45.6 Å². The molecule has 0 bridgehead atoms. The van der Waals surface area contributed by atoms with Gasteiger partial charge in [-0.1, -0.05) is 35.8 Å². The van der Waals surface area contributed by atoms with Crippen molar-refractivity contribution >= 4 is 33.2 Å². The van der Waals surface area contributed by atoms with Crippen LogP contribution in [0.15, 0.2) is 53.3 Å². The number of fused-ring (bicyclic) bond motifs is 1. The molecule has 0 saturated carbocycles. The van der Waals surface area contributed by atoms with E-state index in [0.717, 1.165) is 10.1 Å². The van der Waals surface area contributed by atoms with Crippen molar-refractivity contribution in [2.45, 2.75) is 19.4 Å². The van der Waals surface area contributed by atoms with Gasteiger partial charge in [0.25, 0.3) is 5.56 Å². The Balaban J connectivity index is 1.28. The van der Waals surface area contributed by atoms with Crippen LogP contribution in [0.2, 0.25) is 0 Å². The molecule has 1 fully saturated rings. The smallest absolute Gasteiger partial charge is 0.268 e. The number of amides is 1. The highest BCUT2D eigenvalue weighted by Crippen LogP contribution is 2.21. The van der Waals surface area contributed by atoms with E-state index in [9.17, 15) is 14.0 Å². The summed E-state index contributed by atoms with van der Waals surface area (Å²) in [6.07, 6.45) is 1.06. The Bertz CT molecular complexity index is 1040. The van der Waals surface area contributed by atoms with Crippen molar-refractivity contribution in [3.8, 4) is 0 Å². The minimum atomic E-state index is -0.226. The van der Waals surface area contributed by atoms with E-state index >= 15 is 0 Å². The van der Waals surface area contributed by atoms with Crippen molar-refractivity contribution in [3.05, 3.63) is 64.7 Å². The van der Waals surface area contributed by atoms with Gasteiger partial charge in [0.1, 0.15) is 5.82 Å². The predicted molar refractivity (Wildman–Crippen MR) is 111 cm³/mol. The average molecular weight is 399 g/mol. The van der Waals surface area contributed by atoms with E-state index in [-0.39, 0.29) is 17.3 Å². The number of nitrogens with zero attached hydrogens (tertiary/aromatic N) is 3. The maximum absolute atomic E-state index is 13.9. The van der Waals surface area contributed by atoms with Crippen LogP contribution < -0.4 is 10.5 Å². The molecule has 1 amide bonds. The number of benzene rings is 2. The summed E-state index contributed by atoms with van der Waals surface area (Å²) in [4.78, 5) is 28.7. The summed E-state index contributed by atoms with van der Waals surface area (Å²) in [6, 6.07) is 14.3. The monoisotopic (exact) mass is 399 g/mol. The van der Waals surface area contributed by atoms with Crippen molar-refractivity contribution in [1.82, 2.24) is 8.86 Å². The number of carbonyl (C=O) groups excluding carboxylic acids is 1. The van der Waals surface area contributed by atoms with Crippen LogP contribution in [0.25, 0.3) is 10.1 Å². The van der Waals surface area contributed by atoms with Gasteiger partial charge in [-0.15, -0.1) is 0 Å². The molecule has 1 aliphatic heterocycles. The van der Waals surface area contributed by atoms with E-state index in [1.165, 1.54) is 17.6 Å². The molecule has 0 aliphatic carbocycles. The minimum Gasteiger partial charge on any atom is -0.366 e. The fourth-order valence-corrected chi connectivity index (χ4v) is 4.63. The second-order valence-electron chi connectivity index (χ2n) is 6.92. The lowest BCUT2D eigenvalue weighted by molar-refractivity contribution is -0.131. The van der Waals surface area contributed by atoms with Crippen LogP contribution in [-0.4, -0.2) is 40.9 Å². The lowest BCUT2D eigenvalue weighted by Crippen LogP contribution is -2.49. The molecule has 7 heteroatoms. The third-order valence-corrected chi connectivity index (χ3v) is 6.25. The normalized spacial score (nSPS) is 14.6. The second-order valence-corrected chi connectivity index (χ2v) is 7.98. The Hall–Kier alpha value is -2.67. The summed E-state index contributed by atoms with van der Waals surface area (Å²) >= 11 is 1.45. The summed E-state index contributed by atoms with van der Waals surface area (Å²) in [5.74, 6) is -0.126. The maximum Gasteiger partial charge on any atom is 0.268 e. The quantitative estimate of drug-likeness (QED) is 0.661. The fraction of sp³-hybridized carbons (Fsp3) is 0.333. The number of para-hydroxylation sites is 1. The Labute approximate surface area is 166 Å². The number of aryl methyl sites for hydroxylation is 1. The van der Waals surface area contributed by atoms with Crippen molar-refractivity contribution in [2.75, 3.05) is 31.1 Å². The number of rotatable bonds is 5. The van der Waals surface area contributed by atoms with Crippen LogP contribution in [0.5, 0.6) is 0 Å². The van der Waals surface area contributed by atoms with Crippen molar-refractivity contribution in [3.63, 3.8) is 0 Å². The zero-order chi connectivity index (χ0) is 19.5. The van der Waals surface area contributed by atoms with Gasteiger partial charge in [-0.3, -0.25) is 13.5 Å².